The molecule has 0 bridgehead atoms. The molecule has 0 amide bonds. The first-order valence-corrected chi connectivity index (χ1v) is 10.9. The Morgan fingerprint density at radius 1 is 1.03 bits per heavy atom. The summed E-state index contributed by atoms with van der Waals surface area (Å²) in [5.74, 6) is 1.61. The van der Waals surface area contributed by atoms with Gasteiger partial charge in [0, 0.05) is 46.5 Å². The molecule has 2 aliphatic heterocycles. The quantitative estimate of drug-likeness (QED) is 0.596. The van der Waals surface area contributed by atoms with Crippen LogP contribution in [0.1, 0.15) is 0 Å². The first-order chi connectivity index (χ1) is 15.2. The second-order valence-corrected chi connectivity index (χ2v) is 8.21. The van der Waals surface area contributed by atoms with Gasteiger partial charge >= 0.3 is 0 Å². The van der Waals surface area contributed by atoms with Gasteiger partial charge in [0.05, 0.1) is 13.2 Å². The number of nitrogens with zero attached hydrogens (tertiary/aromatic N) is 3. The SMILES string of the molecule is Clc1cccc(Cl)c1-c1ccc2cc(NC3=CC=NC(N4CCOCC4)N3)ncc2c1. The second-order valence-electron chi connectivity index (χ2n) is 7.40. The number of aromatic nitrogens is 1. The molecule has 0 radical (unpaired) electrons. The summed E-state index contributed by atoms with van der Waals surface area (Å²) in [6, 6.07) is 13.7. The summed E-state index contributed by atoms with van der Waals surface area (Å²) in [5, 5.41) is 10.1. The highest BCUT2D eigenvalue weighted by Gasteiger charge is 2.22. The summed E-state index contributed by atoms with van der Waals surface area (Å²) in [7, 11) is 0. The number of allylic oxidation sites excluding steroid dienone is 1. The van der Waals surface area contributed by atoms with E-state index in [0.29, 0.717) is 10.0 Å². The van der Waals surface area contributed by atoms with Gasteiger partial charge in [-0.25, -0.2) is 4.98 Å². The smallest absolute Gasteiger partial charge is 0.177 e. The number of hydrogen-bond acceptors (Lipinski definition) is 6. The summed E-state index contributed by atoms with van der Waals surface area (Å²) in [6.07, 6.45) is 5.48. The van der Waals surface area contributed by atoms with Gasteiger partial charge in [-0.15, -0.1) is 0 Å². The molecule has 158 valence electrons. The van der Waals surface area contributed by atoms with Crippen LogP contribution < -0.4 is 10.6 Å². The number of pyridine rings is 1. The lowest BCUT2D eigenvalue weighted by molar-refractivity contribution is 0.0131. The van der Waals surface area contributed by atoms with Crippen LogP contribution in [-0.4, -0.2) is 48.7 Å². The molecule has 1 fully saturated rings. The molecule has 2 aromatic carbocycles. The van der Waals surface area contributed by atoms with Gasteiger partial charge in [0.2, 0.25) is 0 Å². The molecule has 8 heteroatoms. The maximum Gasteiger partial charge on any atom is 0.177 e. The van der Waals surface area contributed by atoms with Gasteiger partial charge in [-0.2, -0.15) is 0 Å². The standard InChI is InChI=1S/C23H21Cl2N5O/c24-18-2-1-3-19(25)22(18)16-5-4-15-13-21(27-14-17(15)12-16)28-20-6-7-26-23(29-20)30-8-10-31-11-9-30/h1-7,12-14,23,29H,8-11H2,(H,27,28). The Kier molecular flexibility index (Phi) is 5.78. The largest absolute Gasteiger partial charge is 0.379 e. The van der Waals surface area contributed by atoms with Crippen molar-refractivity contribution in [3.63, 3.8) is 0 Å². The first kappa shape index (κ1) is 20.3. The van der Waals surface area contributed by atoms with Gasteiger partial charge in [0.15, 0.2) is 6.29 Å². The molecule has 0 saturated carbocycles. The van der Waals surface area contributed by atoms with Crippen LogP contribution >= 0.6 is 23.2 Å². The van der Waals surface area contributed by atoms with Crippen LogP contribution in [0.25, 0.3) is 21.9 Å². The van der Waals surface area contributed by atoms with Crippen molar-refractivity contribution < 1.29 is 4.74 Å². The van der Waals surface area contributed by atoms with Crippen molar-refractivity contribution in [1.82, 2.24) is 15.2 Å². The molecule has 5 rings (SSSR count). The number of anilines is 1. The average Bonchev–Trinajstić information content (AvgIpc) is 2.80. The van der Waals surface area contributed by atoms with Crippen LogP contribution in [-0.2, 0) is 4.74 Å². The highest BCUT2D eigenvalue weighted by Crippen LogP contribution is 2.36. The lowest BCUT2D eigenvalue weighted by Crippen LogP contribution is -2.51. The molecule has 6 nitrogen and oxygen atoms in total. The van der Waals surface area contributed by atoms with Crippen molar-refractivity contribution in [2.45, 2.75) is 6.29 Å². The fraction of sp³-hybridized carbons (Fsp3) is 0.217. The molecular formula is C23H21Cl2N5O. The van der Waals surface area contributed by atoms with E-state index >= 15 is 0 Å². The average molecular weight is 454 g/mol. The van der Waals surface area contributed by atoms with Crippen LogP contribution in [0.4, 0.5) is 5.82 Å². The molecule has 1 unspecified atom stereocenters. The normalized spacial score (nSPS) is 19.2. The van der Waals surface area contributed by atoms with Gasteiger partial charge in [0.25, 0.3) is 0 Å². The highest BCUT2D eigenvalue weighted by molar-refractivity contribution is 6.39. The van der Waals surface area contributed by atoms with Crippen molar-refractivity contribution in [2.24, 2.45) is 4.99 Å². The summed E-state index contributed by atoms with van der Waals surface area (Å²) in [5.41, 5.74) is 1.80. The van der Waals surface area contributed by atoms with E-state index in [1.807, 2.05) is 48.8 Å². The Hall–Kier alpha value is -2.64. The predicted molar refractivity (Wildman–Crippen MR) is 127 cm³/mol. The molecule has 3 aromatic rings. The maximum absolute atomic E-state index is 6.37. The van der Waals surface area contributed by atoms with Crippen LogP contribution in [0, 0.1) is 0 Å². The van der Waals surface area contributed by atoms with E-state index in [1.165, 1.54) is 0 Å². The summed E-state index contributed by atoms with van der Waals surface area (Å²) in [6.45, 7) is 3.17. The maximum atomic E-state index is 6.37. The molecule has 1 saturated heterocycles. The van der Waals surface area contributed by atoms with Crippen molar-refractivity contribution in [1.29, 1.82) is 0 Å². The molecule has 1 aromatic heterocycles. The number of halogens is 2. The molecule has 3 heterocycles. The zero-order valence-corrected chi connectivity index (χ0v) is 18.2. The van der Waals surface area contributed by atoms with E-state index in [0.717, 1.165) is 59.8 Å². The van der Waals surface area contributed by atoms with E-state index in [4.69, 9.17) is 27.9 Å². The fourth-order valence-corrected chi connectivity index (χ4v) is 4.40. The van der Waals surface area contributed by atoms with E-state index in [1.54, 1.807) is 0 Å². The molecule has 31 heavy (non-hydrogen) atoms. The summed E-state index contributed by atoms with van der Waals surface area (Å²) < 4.78 is 5.43. The van der Waals surface area contributed by atoms with Gasteiger partial charge in [-0.3, -0.25) is 9.89 Å². The Morgan fingerprint density at radius 2 is 1.84 bits per heavy atom. The minimum absolute atomic E-state index is 0.0974. The lowest BCUT2D eigenvalue weighted by Gasteiger charge is -2.34. The summed E-state index contributed by atoms with van der Waals surface area (Å²) in [4.78, 5) is 11.4. The van der Waals surface area contributed by atoms with E-state index in [9.17, 15) is 0 Å². The van der Waals surface area contributed by atoms with Crippen molar-refractivity contribution >= 4 is 46.0 Å². The first-order valence-electron chi connectivity index (χ1n) is 10.1. The van der Waals surface area contributed by atoms with Crippen molar-refractivity contribution in [3.05, 3.63) is 70.6 Å². The lowest BCUT2D eigenvalue weighted by atomic mass is 10.0. The molecular weight excluding hydrogens is 433 g/mol. The van der Waals surface area contributed by atoms with Gasteiger partial charge in [0.1, 0.15) is 11.6 Å². The van der Waals surface area contributed by atoms with Gasteiger partial charge < -0.3 is 15.4 Å². The summed E-state index contributed by atoms with van der Waals surface area (Å²) >= 11 is 12.7. The Balaban J connectivity index is 1.34. The zero-order chi connectivity index (χ0) is 21.2. The minimum atomic E-state index is -0.0974. The van der Waals surface area contributed by atoms with E-state index < -0.39 is 0 Å². The van der Waals surface area contributed by atoms with Gasteiger partial charge in [-0.05, 0) is 41.3 Å². The van der Waals surface area contributed by atoms with E-state index in [-0.39, 0.29) is 6.29 Å². The van der Waals surface area contributed by atoms with Crippen LogP contribution in [0.2, 0.25) is 10.0 Å². The van der Waals surface area contributed by atoms with Crippen LogP contribution in [0.15, 0.2) is 65.6 Å². The fourth-order valence-electron chi connectivity index (χ4n) is 3.79. The van der Waals surface area contributed by atoms with E-state index in [2.05, 4.69) is 37.6 Å². The van der Waals surface area contributed by atoms with Crippen molar-refractivity contribution in [3.8, 4) is 11.1 Å². The van der Waals surface area contributed by atoms with Crippen LogP contribution in [0.3, 0.4) is 0 Å². The number of hydrogen-bond donors (Lipinski definition) is 2. The molecule has 0 aliphatic carbocycles. The monoisotopic (exact) mass is 453 g/mol. The number of aliphatic imine (C=N–C) groups is 1. The Bertz CT molecular complexity index is 1150. The number of nitrogens with one attached hydrogen (secondary N) is 2. The molecule has 1 atom stereocenters. The Morgan fingerprint density at radius 3 is 2.65 bits per heavy atom. The third-order valence-electron chi connectivity index (χ3n) is 5.38. The number of fused-ring (bicyclic) bond motifs is 1. The topological polar surface area (TPSA) is 61.8 Å². The number of ether oxygens (including phenoxy) is 1. The zero-order valence-electron chi connectivity index (χ0n) is 16.7. The molecule has 0 spiro atoms. The number of morpholine rings is 1. The minimum Gasteiger partial charge on any atom is -0.379 e. The second kappa shape index (κ2) is 8.85. The third kappa shape index (κ3) is 4.38. The Labute approximate surface area is 190 Å². The number of benzene rings is 2. The molecule has 2 aliphatic rings. The number of rotatable bonds is 4. The predicted octanol–water partition coefficient (Wildman–Crippen LogP) is 4.75. The van der Waals surface area contributed by atoms with Crippen molar-refractivity contribution in [2.75, 3.05) is 31.6 Å². The third-order valence-corrected chi connectivity index (χ3v) is 6.01. The molecule has 2 N–H and O–H groups in total. The van der Waals surface area contributed by atoms with Gasteiger partial charge in [-0.1, -0.05) is 41.4 Å². The highest BCUT2D eigenvalue weighted by atomic mass is 35.5. The van der Waals surface area contributed by atoms with Crippen LogP contribution in [0.5, 0.6) is 0 Å².